The molecular weight excluding hydrogens is 304 g/mol. The number of hydrogen-bond acceptors (Lipinski definition) is 5. The van der Waals surface area contributed by atoms with Gasteiger partial charge < -0.3 is 4.42 Å². The van der Waals surface area contributed by atoms with Gasteiger partial charge in [0.1, 0.15) is 0 Å². The van der Waals surface area contributed by atoms with Crippen LogP contribution in [0.3, 0.4) is 0 Å². The van der Waals surface area contributed by atoms with Crippen molar-refractivity contribution in [2.75, 3.05) is 0 Å². The van der Waals surface area contributed by atoms with Crippen LogP contribution >= 0.6 is 0 Å². The molecule has 1 aromatic carbocycles. The molecule has 0 N–H and O–H groups in total. The molecule has 24 heavy (non-hydrogen) atoms. The summed E-state index contributed by atoms with van der Waals surface area (Å²) >= 11 is 0. The summed E-state index contributed by atoms with van der Waals surface area (Å²) in [4.78, 5) is 12.2. The molecule has 0 saturated heterocycles. The number of aryl methyl sites for hydroxylation is 1. The molecule has 3 aromatic rings. The highest BCUT2D eigenvalue weighted by molar-refractivity contribution is 5.91. The smallest absolute Gasteiger partial charge is 0.274 e. The van der Waals surface area contributed by atoms with Gasteiger partial charge in [-0.05, 0) is 18.4 Å². The molecule has 0 atom stereocenters. The fourth-order valence-corrected chi connectivity index (χ4v) is 2.25. The molecule has 0 fully saturated rings. The zero-order valence-electron chi connectivity index (χ0n) is 14.5. The average molecular weight is 324 g/mol. The van der Waals surface area contributed by atoms with Gasteiger partial charge in [0, 0.05) is 18.5 Å². The minimum absolute atomic E-state index is 0.0240. The van der Waals surface area contributed by atoms with Crippen molar-refractivity contribution in [2.45, 2.75) is 27.7 Å². The van der Waals surface area contributed by atoms with Crippen LogP contribution in [0.5, 0.6) is 0 Å². The van der Waals surface area contributed by atoms with Crippen molar-refractivity contribution in [2.24, 2.45) is 12.5 Å². The van der Waals surface area contributed by atoms with Gasteiger partial charge in [0.2, 0.25) is 5.89 Å². The Hall–Kier alpha value is -2.76. The van der Waals surface area contributed by atoms with E-state index in [9.17, 15) is 4.79 Å². The second-order valence-corrected chi connectivity index (χ2v) is 6.85. The molecule has 0 bridgehead atoms. The normalized spacial score (nSPS) is 12.8. The third-order valence-electron chi connectivity index (χ3n) is 4.12. The molecule has 0 unspecified atom stereocenters. The number of benzene rings is 1. The van der Waals surface area contributed by atoms with Crippen LogP contribution in [0.2, 0.25) is 0 Å². The van der Waals surface area contributed by atoms with E-state index in [0.29, 0.717) is 28.2 Å². The highest BCUT2D eigenvalue weighted by Crippen LogP contribution is 2.28. The zero-order valence-corrected chi connectivity index (χ0v) is 14.5. The van der Waals surface area contributed by atoms with Crippen LogP contribution in [-0.2, 0) is 7.05 Å². The number of rotatable bonds is 2. The van der Waals surface area contributed by atoms with E-state index in [1.807, 2.05) is 31.2 Å². The van der Waals surface area contributed by atoms with Gasteiger partial charge in [0.05, 0.1) is 5.39 Å². The molecule has 124 valence electrons. The maximum absolute atomic E-state index is 12.2. The van der Waals surface area contributed by atoms with Crippen LogP contribution in [0.25, 0.3) is 28.4 Å². The minimum Gasteiger partial charge on any atom is -0.415 e. The van der Waals surface area contributed by atoms with Crippen LogP contribution < -0.4 is 5.56 Å². The molecule has 6 heteroatoms. The van der Waals surface area contributed by atoms with Gasteiger partial charge in [0.15, 0.2) is 5.69 Å². The summed E-state index contributed by atoms with van der Waals surface area (Å²) in [6.45, 7) is 8.40. The van der Waals surface area contributed by atoms with Crippen molar-refractivity contribution in [3.63, 3.8) is 0 Å². The van der Waals surface area contributed by atoms with Crippen molar-refractivity contribution in [1.29, 1.82) is 0 Å². The van der Waals surface area contributed by atoms with Crippen molar-refractivity contribution in [3.05, 3.63) is 46.1 Å². The highest BCUT2D eigenvalue weighted by Gasteiger charge is 2.17. The summed E-state index contributed by atoms with van der Waals surface area (Å²) in [6, 6.07) is 7.28. The predicted molar refractivity (Wildman–Crippen MR) is 93.4 cm³/mol. The second kappa shape index (κ2) is 5.70. The maximum Gasteiger partial charge on any atom is 0.274 e. The molecular formula is C18H20N4O2. The van der Waals surface area contributed by atoms with Crippen molar-refractivity contribution >= 4 is 16.8 Å². The van der Waals surface area contributed by atoms with Crippen LogP contribution in [-0.4, -0.2) is 20.0 Å². The molecule has 0 radical (unpaired) electrons. The number of allylic oxidation sites excluding steroid dienone is 1. The van der Waals surface area contributed by atoms with Crippen LogP contribution in [0.4, 0.5) is 0 Å². The van der Waals surface area contributed by atoms with Gasteiger partial charge in [-0.15, -0.1) is 10.2 Å². The Balaban J connectivity index is 2.14. The summed E-state index contributed by atoms with van der Waals surface area (Å²) in [7, 11) is 1.61. The molecule has 3 rings (SSSR count). The van der Waals surface area contributed by atoms with E-state index in [2.05, 4.69) is 36.1 Å². The van der Waals surface area contributed by atoms with Gasteiger partial charge >= 0.3 is 0 Å². The van der Waals surface area contributed by atoms with E-state index in [-0.39, 0.29) is 11.0 Å². The fourth-order valence-electron chi connectivity index (χ4n) is 2.25. The Bertz CT molecular complexity index is 990. The van der Waals surface area contributed by atoms with E-state index in [0.717, 1.165) is 5.57 Å². The van der Waals surface area contributed by atoms with E-state index in [4.69, 9.17) is 4.42 Å². The predicted octanol–water partition coefficient (Wildman–Crippen LogP) is 3.43. The molecule has 0 aliphatic heterocycles. The van der Waals surface area contributed by atoms with E-state index < -0.39 is 0 Å². The van der Waals surface area contributed by atoms with Crippen LogP contribution in [0.1, 0.15) is 33.6 Å². The second-order valence-electron chi connectivity index (χ2n) is 6.85. The van der Waals surface area contributed by atoms with Crippen molar-refractivity contribution in [1.82, 2.24) is 20.0 Å². The Morgan fingerprint density at radius 3 is 2.50 bits per heavy atom. The Morgan fingerprint density at radius 2 is 1.83 bits per heavy atom. The number of hydrogen-bond donors (Lipinski definition) is 0. The van der Waals surface area contributed by atoms with Gasteiger partial charge in [-0.25, -0.2) is 4.68 Å². The summed E-state index contributed by atoms with van der Waals surface area (Å²) < 4.78 is 7.05. The standard InChI is InChI=1S/C18H20N4O2/c1-11(18(2,3)4)10-14-19-20-16(24-14)15-12-8-6-7-9-13(12)17(23)22(5)21-15/h6-10H,1-5H3/b11-10+. The van der Waals surface area contributed by atoms with Crippen LogP contribution in [0.15, 0.2) is 39.1 Å². The lowest BCUT2D eigenvalue weighted by Crippen LogP contribution is -2.20. The number of aromatic nitrogens is 4. The van der Waals surface area contributed by atoms with Crippen LogP contribution in [0, 0.1) is 5.41 Å². The Labute approximate surface area is 139 Å². The lowest BCUT2D eigenvalue weighted by atomic mass is 9.87. The summed E-state index contributed by atoms with van der Waals surface area (Å²) in [6.07, 6.45) is 1.88. The lowest BCUT2D eigenvalue weighted by molar-refractivity contribution is 0.502. The lowest BCUT2D eigenvalue weighted by Gasteiger charge is -2.18. The molecule has 0 spiro atoms. The molecule has 6 nitrogen and oxygen atoms in total. The van der Waals surface area contributed by atoms with Crippen molar-refractivity contribution in [3.8, 4) is 11.6 Å². The first-order valence-corrected chi connectivity index (χ1v) is 7.76. The quantitative estimate of drug-likeness (QED) is 0.722. The van der Waals surface area contributed by atoms with Crippen molar-refractivity contribution < 1.29 is 4.42 Å². The number of nitrogens with zero attached hydrogens (tertiary/aromatic N) is 4. The largest absolute Gasteiger partial charge is 0.415 e. The molecule has 0 aliphatic rings. The first-order chi connectivity index (χ1) is 11.3. The van der Waals surface area contributed by atoms with Gasteiger partial charge in [-0.1, -0.05) is 44.5 Å². The third kappa shape index (κ3) is 2.87. The van der Waals surface area contributed by atoms with E-state index in [1.54, 1.807) is 13.1 Å². The first kappa shape index (κ1) is 16.1. The maximum atomic E-state index is 12.2. The summed E-state index contributed by atoms with van der Waals surface area (Å²) in [5, 5.41) is 13.8. The van der Waals surface area contributed by atoms with E-state index in [1.165, 1.54) is 4.68 Å². The molecule has 0 saturated carbocycles. The topological polar surface area (TPSA) is 73.8 Å². The molecule has 2 heterocycles. The Morgan fingerprint density at radius 1 is 1.17 bits per heavy atom. The Kier molecular flexibility index (Phi) is 3.83. The molecule has 0 amide bonds. The zero-order chi connectivity index (χ0) is 17.5. The fraction of sp³-hybridized carbons (Fsp3) is 0.333. The van der Waals surface area contributed by atoms with E-state index >= 15 is 0 Å². The van der Waals surface area contributed by atoms with Gasteiger partial charge in [0.25, 0.3) is 11.4 Å². The van der Waals surface area contributed by atoms with Gasteiger partial charge in [-0.3, -0.25) is 4.79 Å². The molecule has 2 aromatic heterocycles. The summed E-state index contributed by atoms with van der Waals surface area (Å²) in [5.74, 6) is 0.729. The minimum atomic E-state index is -0.155. The third-order valence-corrected chi connectivity index (χ3v) is 4.12. The monoisotopic (exact) mass is 324 g/mol. The summed E-state index contributed by atoms with van der Waals surface area (Å²) in [5.41, 5.74) is 1.51. The number of fused-ring (bicyclic) bond motifs is 1. The van der Waals surface area contributed by atoms with Gasteiger partial charge in [-0.2, -0.15) is 5.10 Å². The average Bonchev–Trinajstić information content (AvgIpc) is 2.98. The SMILES string of the molecule is C/C(=C\c1nnc(-c2nn(C)c(=O)c3ccccc23)o1)C(C)(C)C. The molecule has 0 aliphatic carbocycles. The highest BCUT2D eigenvalue weighted by atomic mass is 16.4. The first-order valence-electron chi connectivity index (χ1n) is 7.76.